The van der Waals surface area contributed by atoms with Crippen molar-refractivity contribution in [1.82, 2.24) is 14.8 Å². The van der Waals surface area contributed by atoms with Gasteiger partial charge in [-0.15, -0.1) is 0 Å². The average Bonchev–Trinajstić information content (AvgIpc) is 3.29. The highest BCUT2D eigenvalue weighted by molar-refractivity contribution is 5.93. The second-order valence-electron chi connectivity index (χ2n) is 9.26. The summed E-state index contributed by atoms with van der Waals surface area (Å²) in [6, 6.07) is 9.34. The number of carboxylic acid groups (broad SMARTS) is 1. The van der Waals surface area contributed by atoms with E-state index >= 15 is 0 Å². The number of amides is 2. The van der Waals surface area contributed by atoms with Crippen LogP contribution in [-0.2, 0) is 4.79 Å². The SMILES string of the molecule is CCN(C(=O)O)[C@@H]1CN(C(=O)C2CCN(c3ccc(C(C)=O)cn3)CC2)C[C@H]1c1ccc(F)cc1. The van der Waals surface area contributed by atoms with Gasteiger partial charge in [0.25, 0.3) is 0 Å². The molecule has 1 aromatic heterocycles. The van der Waals surface area contributed by atoms with E-state index in [9.17, 15) is 23.9 Å². The van der Waals surface area contributed by atoms with Crippen molar-refractivity contribution in [3.05, 3.63) is 59.5 Å². The van der Waals surface area contributed by atoms with E-state index in [1.54, 1.807) is 36.2 Å². The van der Waals surface area contributed by atoms with Crippen molar-refractivity contribution in [3.63, 3.8) is 0 Å². The number of likely N-dealkylation sites (tertiary alicyclic amines) is 1. The van der Waals surface area contributed by atoms with Crippen LogP contribution in [0.4, 0.5) is 15.0 Å². The number of benzene rings is 1. The predicted molar refractivity (Wildman–Crippen MR) is 129 cm³/mol. The van der Waals surface area contributed by atoms with E-state index in [4.69, 9.17) is 0 Å². The number of rotatable bonds is 6. The number of ketones is 1. The lowest BCUT2D eigenvalue weighted by atomic mass is 9.93. The van der Waals surface area contributed by atoms with Crippen molar-refractivity contribution >= 4 is 23.6 Å². The van der Waals surface area contributed by atoms with Crippen molar-refractivity contribution in [2.45, 2.75) is 38.6 Å². The highest BCUT2D eigenvalue weighted by atomic mass is 19.1. The van der Waals surface area contributed by atoms with Gasteiger partial charge in [0.05, 0.1) is 6.04 Å². The van der Waals surface area contributed by atoms with Crippen LogP contribution in [0.3, 0.4) is 0 Å². The summed E-state index contributed by atoms with van der Waals surface area (Å²) < 4.78 is 13.5. The lowest BCUT2D eigenvalue weighted by molar-refractivity contribution is -0.135. The second kappa shape index (κ2) is 10.4. The molecule has 4 rings (SSSR count). The Morgan fingerprint density at radius 2 is 1.77 bits per heavy atom. The lowest BCUT2D eigenvalue weighted by Gasteiger charge is -2.34. The number of nitrogens with zero attached hydrogens (tertiary/aromatic N) is 4. The molecule has 2 aliphatic rings. The molecule has 186 valence electrons. The Kier molecular flexibility index (Phi) is 7.33. The molecular weight excluding hydrogens is 451 g/mol. The van der Waals surface area contributed by atoms with Crippen molar-refractivity contribution in [2.24, 2.45) is 5.92 Å². The number of halogens is 1. The highest BCUT2D eigenvalue weighted by Crippen LogP contribution is 2.34. The Labute approximate surface area is 204 Å². The predicted octanol–water partition coefficient (Wildman–Crippen LogP) is 3.63. The number of carbonyl (C=O) groups excluding carboxylic acids is 2. The van der Waals surface area contributed by atoms with Crippen molar-refractivity contribution in [3.8, 4) is 0 Å². The molecular formula is C26H31FN4O4. The Morgan fingerprint density at radius 1 is 1.09 bits per heavy atom. The molecule has 0 unspecified atom stereocenters. The zero-order valence-corrected chi connectivity index (χ0v) is 20.1. The molecule has 0 radical (unpaired) electrons. The summed E-state index contributed by atoms with van der Waals surface area (Å²) in [5, 5.41) is 9.73. The molecule has 2 fully saturated rings. The molecule has 1 N–H and O–H groups in total. The second-order valence-corrected chi connectivity index (χ2v) is 9.26. The Bertz CT molecular complexity index is 1070. The van der Waals surface area contributed by atoms with Gasteiger partial charge in [0.1, 0.15) is 11.6 Å². The minimum absolute atomic E-state index is 0.0271. The topological polar surface area (TPSA) is 94.0 Å². The van der Waals surface area contributed by atoms with E-state index in [-0.39, 0.29) is 35.4 Å². The van der Waals surface area contributed by atoms with Gasteiger partial charge in [-0.05, 0) is 56.5 Å². The fourth-order valence-corrected chi connectivity index (χ4v) is 5.23. The number of Topliss-reactive ketones (excluding diaryl/α,β-unsaturated/α-hetero) is 1. The standard InChI is InChI=1S/C26H31FN4O4/c1-3-31(26(34)35)23-16-30(15-22(23)18-4-7-21(27)8-5-18)25(33)19-10-12-29(13-11-19)24-9-6-20(14-28-24)17(2)32/h4-9,14,19,22-23H,3,10-13,15-16H2,1-2H3,(H,34,35)/t22-,23+/m0/s1. The van der Waals surface area contributed by atoms with Gasteiger partial charge in [-0.3, -0.25) is 9.59 Å². The third-order valence-electron chi connectivity index (χ3n) is 7.21. The van der Waals surface area contributed by atoms with Crippen molar-refractivity contribution in [1.29, 1.82) is 0 Å². The monoisotopic (exact) mass is 482 g/mol. The summed E-state index contributed by atoms with van der Waals surface area (Å²) in [6.07, 6.45) is 1.91. The summed E-state index contributed by atoms with van der Waals surface area (Å²) in [7, 11) is 0. The highest BCUT2D eigenvalue weighted by Gasteiger charge is 2.42. The molecule has 3 heterocycles. The van der Waals surface area contributed by atoms with Crippen molar-refractivity contribution in [2.75, 3.05) is 37.6 Å². The maximum Gasteiger partial charge on any atom is 0.407 e. The number of hydrogen-bond donors (Lipinski definition) is 1. The van der Waals surface area contributed by atoms with E-state index in [2.05, 4.69) is 9.88 Å². The molecule has 0 spiro atoms. The van der Waals surface area contributed by atoms with Gasteiger partial charge in [-0.1, -0.05) is 12.1 Å². The van der Waals surface area contributed by atoms with Crippen LogP contribution in [-0.4, -0.2) is 76.4 Å². The molecule has 0 aliphatic carbocycles. The summed E-state index contributed by atoms with van der Waals surface area (Å²) in [4.78, 5) is 46.5. The Hall–Kier alpha value is -3.49. The van der Waals surface area contributed by atoms with Gasteiger partial charge >= 0.3 is 6.09 Å². The van der Waals surface area contributed by atoms with Crippen LogP contribution in [0.1, 0.15) is 48.5 Å². The fraction of sp³-hybridized carbons (Fsp3) is 0.462. The number of likely N-dealkylation sites (N-methyl/N-ethyl adjacent to an activating group) is 1. The number of aromatic nitrogens is 1. The number of hydrogen-bond acceptors (Lipinski definition) is 5. The first-order valence-electron chi connectivity index (χ1n) is 12.0. The largest absolute Gasteiger partial charge is 0.465 e. The Balaban J connectivity index is 1.43. The first-order chi connectivity index (χ1) is 16.8. The zero-order chi connectivity index (χ0) is 25.1. The fourth-order valence-electron chi connectivity index (χ4n) is 5.23. The van der Waals surface area contributed by atoms with E-state index in [0.29, 0.717) is 51.1 Å². The number of carbonyl (C=O) groups is 3. The zero-order valence-electron chi connectivity index (χ0n) is 20.1. The Morgan fingerprint density at radius 3 is 2.31 bits per heavy atom. The minimum atomic E-state index is -1.02. The normalized spacial score (nSPS) is 20.7. The molecule has 2 amide bonds. The summed E-state index contributed by atoms with van der Waals surface area (Å²) in [5.41, 5.74) is 1.40. The average molecular weight is 483 g/mol. The van der Waals surface area contributed by atoms with Gasteiger partial charge in [0, 0.05) is 56.3 Å². The van der Waals surface area contributed by atoms with E-state index < -0.39 is 6.09 Å². The van der Waals surface area contributed by atoms with Gasteiger partial charge in [-0.25, -0.2) is 14.2 Å². The molecule has 2 atom stereocenters. The summed E-state index contributed by atoms with van der Waals surface area (Å²) in [6.45, 7) is 5.70. The number of pyridine rings is 1. The summed E-state index contributed by atoms with van der Waals surface area (Å²) in [5.74, 6) is 0.105. The molecule has 35 heavy (non-hydrogen) atoms. The third-order valence-corrected chi connectivity index (χ3v) is 7.21. The molecule has 0 bridgehead atoms. The minimum Gasteiger partial charge on any atom is -0.465 e. The molecule has 9 heteroatoms. The first kappa shape index (κ1) is 24.6. The number of anilines is 1. The molecule has 0 saturated carbocycles. The maximum absolute atomic E-state index is 13.5. The molecule has 8 nitrogen and oxygen atoms in total. The van der Waals surface area contributed by atoms with Crippen LogP contribution in [0, 0.1) is 11.7 Å². The van der Waals surface area contributed by atoms with Gasteiger partial charge in [-0.2, -0.15) is 0 Å². The van der Waals surface area contributed by atoms with E-state index in [1.165, 1.54) is 24.0 Å². The van der Waals surface area contributed by atoms with E-state index in [0.717, 1.165) is 11.4 Å². The summed E-state index contributed by atoms with van der Waals surface area (Å²) >= 11 is 0. The van der Waals surface area contributed by atoms with Crippen LogP contribution < -0.4 is 4.90 Å². The van der Waals surface area contributed by atoms with Crippen LogP contribution >= 0.6 is 0 Å². The van der Waals surface area contributed by atoms with Crippen LogP contribution in [0.2, 0.25) is 0 Å². The van der Waals surface area contributed by atoms with Crippen molar-refractivity contribution < 1.29 is 23.9 Å². The molecule has 2 aromatic rings. The third kappa shape index (κ3) is 5.28. The number of piperidine rings is 1. The lowest BCUT2D eigenvalue weighted by Crippen LogP contribution is -2.45. The van der Waals surface area contributed by atoms with Gasteiger partial charge < -0.3 is 19.8 Å². The quantitative estimate of drug-likeness (QED) is 0.632. The van der Waals surface area contributed by atoms with Crippen LogP contribution in [0.5, 0.6) is 0 Å². The van der Waals surface area contributed by atoms with Crippen LogP contribution in [0.25, 0.3) is 0 Å². The molecule has 2 aliphatic heterocycles. The first-order valence-corrected chi connectivity index (χ1v) is 12.0. The maximum atomic E-state index is 13.5. The molecule has 2 saturated heterocycles. The van der Waals surface area contributed by atoms with Gasteiger partial charge in [0.2, 0.25) is 5.91 Å². The van der Waals surface area contributed by atoms with Crippen LogP contribution in [0.15, 0.2) is 42.6 Å². The van der Waals surface area contributed by atoms with Gasteiger partial charge in [0.15, 0.2) is 5.78 Å². The smallest absolute Gasteiger partial charge is 0.407 e. The molecule has 1 aromatic carbocycles. The van der Waals surface area contributed by atoms with E-state index in [1.807, 2.05) is 6.07 Å².